The first kappa shape index (κ1) is 14.0. The van der Waals surface area contributed by atoms with Crippen LogP contribution in [0.15, 0.2) is 24.3 Å². The summed E-state index contributed by atoms with van der Waals surface area (Å²) < 4.78 is 0. The summed E-state index contributed by atoms with van der Waals surface area (Å²) in [5.74, 6) is -0.586. The van der Waals surface area contributed by atoms with E-state index in [-0.39, 0.29) is 11.7 Å². The first-order chi connectivity index (χ1) is 8.52. The van der Waals surface area contributed by atoms with Crippen molar-refractivity contribution in [3.05, 3.63) is 29.8 Å². The Labute approximate surface area is 106 Å². The summed E-state index contributed by atoms with van der Waals surface area (Å²) in [6, 6.07) is 5.73. The van der Waals surface area contributed by atoms with Crippen LogP contribution in [0.3, 0.4) is 0 Å². The molecule has 98 valence electrons. The zero-order chi connectivity index (χ0) is 13.5. The number of phenols is 1. The van der Waals surface area contributed by atoms with E-state index in [9.17, 15) is 9.59 Å². The molecule has 0 heterocycles. The quantitative estimate of drug-likeness (QED) is 0.694. The number of hydrogen-bond donors (Lipinski definition) is 3. The zero-order valence-corrected chi connectivity index (χ0v) is 10.3. The molecule has 0 fully saturated rings. The second kappa shape index (κ2) is 6.64. The Morgan fingerprint density at radius 3 is 2.44 bits per heavy atom. The van der Waals surface area contributed by atoms with Crippen molar-refractivity contribution in [3.8, 4) is 5.75 Å². The minimum atomic E-state index is -0.714. The molecule has 1 rings (SSSR count). The monoisotopic (exact) mass is 250 g/mol. The number of aromatic hydroxyl groups is 1. The van der Waals surface area contributed by atoms with E-state index in [4.69, 9.17) is 10.8 Å². The molecular weight excluding hydrogens is 232 g/mol. The number of nitrogens with two attached hydrogens (primary N) is 1. The Balaban J connectivity index is 2.65. The third-order valence-electron chi connectivity index (χ3n) is 2.53. The van der Waals surface area contributed by atoms with Crippen molar-refractivity contribution in [2.24, 2.45) is 5.73 Å². The minimum Gasteiger partial charge on any atom is -0.508 e. The summed E-state index contributed by atoms with van der Waals surface area (Å²) in [5.41, 5.74) is 6.08. The first-order valence-electron chi connectivity index (χ1n) is 5.89. The molecule has 0 radical (unpaired) electrons. The van der Waals surface area contributed by atoms with Crippen LogP contribution < -0.4 is 11.1 Å². The van der Waals surface area contributed by atoms with Crippen LogP contribution in [0.4, 0.5) is 0 Å². The highest BCUT2D eigenvalue weighted by Gasteiger charge is 2.17. The van der Waals surface area contributed by atoms with Gasteiger partial charge in [0.1, 0.15) is 11.8 Å². The number of amides is 2. The molecule has 4 N–H and O–H groups in total. The Morgan fingerprint density at radius 2 is 1.94 bits per heavy atom. The highest BCUT2D eigenvalue weighted by Crippen LogP contribution is 2.11. The SMILES string of the molecule is CCCC(=O)NC(Cc1ccc(O)cc1)C(N)=O. The van der Waals surface area contributed by atoms with E-state index in [0.717, 1.165) is 12.0 Å². The molecule has 1 unspecified atom stereocenters. The Hall–Kier alpha value is -2.04. The zero-order valence-electron chi connectivity index (χ0n) is 10.3. The molecule has 1 aromatic carbocycles. The number of hydrogen-bond acceptors (Lipinski definition) is 3. The molecule has 0 saturated heterocycles. The molecule has 5 heteroatoms. The second-order valence-corrected chi connectivity index (χ2v) is 4.14. The van der Waals surface area contributed by atoms with Crippen LogP contribution >= 0.6 is 0 Å². The third-order valence-corrected chi connectivity index (χ3v) is 2.53. The van der Waals surface area contributed by atoms with Gasteiger partial charge in [0.25, 0.3) is 0 Å². The van der Waals surface area contributed by atoms with Gasteiger partial charge in [-0.05, 0) is 24.1 Å². The van der Waals surface area contributed by atoms with Gasteiger partial charge in [-0.15, -0.1) is 0 Å². The van der Waals surface area contributed by atoms with Crippen LogP contribution in [-0.2, 0) is 16.0 Å². The lowest BCUT2D eigenvalue weighted by Gasteiger charge is -2.15. The Bertz CT molecular complexity index is 415. The molecule has 1 atom stereocenters. The molecule has 0 aliphatic heterocycles. The summed E-state index contributed by atoms with van der Waals surface area (Å²) in [7, 11) is 0. The van der Waals surface area contributed by atoms with E-state index in [0.29, 0.717) is 12.8 Å². The van der Waals surface area contributed by atoms with Crippen molar-refractivity contribution in [2.75, 3.05) is 0 Å². The summed E-state index contributed by atoms with van der Waals surface area (Å²) in [4.78, 5) is 22.7. The van der Waals surface area contributed by atoms with Gasteiger partial charge in [0, 0.05) is 12.8 Å². The smallest absolute Gasteiger partial charge is 0.240 e. The lowest BCUT2D eigenvalue weighted by Crippen LogP contribution is -2.45. The summed E-state index contributed by atoms with van der Waals surface area (Å²) in [6.07, 6.45) is 1.42. The van der Waals surface area contributed by atoms with Gasteiger partial charge in [0.15, 0.2) is 0 Å². The van der Waals surface area contributed by atoms with Crippen LogP contribution in [0.5, 0.6) is 5.75 Å². The summed E-state index contributed by atoms with van der Waals surface area (Å²) in [6.45, 7) is 1.89. The second-order valence-electron chi connectivity index (χ2n) is 4.14. The molecule has 0 bridgehead atoms. The predicted octanol–water partition coefficient (Wildman–Crippen LogP) is 0.705. The number of rotatable bonds is 6. The van der Waals surface area contributed by atoms with Crippen molar-refractivity contribution in [3.63, 3.8) is 0 Å². The van der Waals surface area contributed by atoms with E-state index in [2.05, 4.69) is 5.32 Å². The number of primary amides is 1. The fourth-order valence-electron chi connectivity index (χ4n) is 1.58. The molecule has 2 amide bonds. The maximum Gasteiger partial charge on any atom is 0.240 e. The lowest BCUT2D eigenvalue weighted by molar-refractivity contribution is -0.127. The van der Waals surface area contributed by atoms with Crippen molar-refractivity contribution in [1.82, 2.24) is 5.32 Å². The average molecular weight is 250 g/mol. The highest BCUT2D eigenvalue weighted by atomic mass is 16.3. The molecule has 0 aliphatic rings. The van der Waals surface area contributed by atoms with E-state index in [1.165, 1.54) is 12.1 Å². The maximum atomic E-state index is 11.4. The number of carbonyl (C=O) groups is 2. The van der Waals surface area contributed by atoms with E-state index >= 15 is 0 Å². The van der Waals surface area contributed by atoms with Gasteiger partial charge in [0.05, 0.1) is 0 Å². The molecule has 0 saturated carbocycles. The lowest BCUT2D eigenvalue weighted by atomic mass is 10.0. The molecule has 1 aromatic rings. The molecule has 5 nitrogen and oxygen atoms in total. The van der Waals surface area contributed by atoms with Crippen LogP contribution in [0.25, 0.3) is 0 Å². The fraction of sp³-hybridized carbons (Fsp3) is 0.385. The van der Waals surface area contributed by atoms with E-state index < -0.39 is 11.9 Å². The normalized spacial score (nSPS) is 11.8. The summed E-state index contributed by atoms with van der Waals surface area (Å²) >= 11 is 0. The van der Waals surface area contributed by atoms with Gasteiger partial charge in [0.2, 0.25) is 11.8 Å². The molecule has 18 heavy (non-hydrogen) atoms. The van der Waals surface area contributed by atoms with Crippen molar-refractivity contribution in [1.29, 1.82) is 0 Å². The maximum absolute atomic E-state index is 11.4. The first-order valence-corrected chi connectivity index (χ1v) is 5.89. The van der Waals surface area contributed by atoms with Gasteiger partial charge < -0.3 is 16.2 Å². The van der Waals surface area contributed by atoms with Crippen molar-refractivity contribution >= 4 is 11.8 Å². The van der Waals surface area contributed by atoms with Crippen LogP contribution in [-0.4, -0.2) is 23.0 Å². The molecule has 0 aromatic heterocycles. The molecular formula is C13H18N2O3. The van der Waals surface area contributed by atoms with E-state index in [1.54, 1.807) is 12.1 Å². The van der Waals surface area contributed by atoms with Gasteiger partial charge in [-0.2, -0.15) is 0 Å². The van der Waals surface area contributed by atoms with Gasteiger partial charge in [-0.1, -0.05) is 19.1 Å². The van der Waals surface area contributed by atoms with Crippen LogP contribution in [0.1, 0.15) is 25.3 Å². The predicted molar refractivity (Wildman–Crippen MR) is 67.8 cm³/mol. The van der Waals surface area contributed by atoms with Crippen LogP contribution in [0, 0.1) is 0 Å². The third kappa shape index (κ3) is 4.45. The van der Waals surface area contributed by atoms with Gasteiger partial charge in [-0.25, -0.2) is 0 Å². The largest absolute Gasteiger partial charge is 0.508 e. The number of benzene rings is 1. The average Bonchev–Trinajstić information content (AvgIpc) is 2.31. The molecule has 0 spiro atoms. The van der Waals surface area contributed by atoms with Gasteiger partial charge in [-0.3, -0.25) is 9.59 Å². The van der Waals surface area contributed by atoms with Gasteiger partial charge >= 0.3 is 0 Å². The Kier molecular flexibility index (Phi) is 5.17. The number of phenolic OH excluding ortho intramolecular Hbond substituents is 1. The number of carbonyl (C=O) groups excluding carboxylic acids is 2. The number of nitrogens with one attached hydrogen (secondary N) is 1. The minimum absolute atomic E-state index is 0.157. The topological polar surface area (TPSA) is 92.4 Å². The summed E-state index contributed by atoms with van der Waals surface area (Å²) in [5, 5.41) is 11.8. The van der Waals surface area contributed by atoms with Crippen LogP contribution in [0.2, 0.25) is 0 Å². The van der Waals surface area contributed by atoms with E-state index in [1.807, 2.05) is 6.92 Å². The standard InChI is InChI=1S/C13H18N2O3/c1-2-3-12(17)15-11(13(14)18)8-9-4-6-10(16)7-5-9/h4-7,11,16H,2-3,8H2,1H3,(H2,14,18)(H,15,17). The fourth-order valence-corrected chi connectivity index (χ4v) is 1.58. The van der Waals surface area contributed by atoms with Crippen molar-refractivity contribution < 1.29 is 14.7 Å². The van der Waals surface area contributed by atoms with Crippen molar-refractivity contribution in [2.45, 2.75) is 32.2 Å². The Morgan fingerprint density at radius 1 is 1.33 bits per heavy atom. The highest BCUT2D eigenvalue weighted by molar-refractivity contribution is 5.86. The molecule has 0 aliphatic carbocycles.